The quantitative estimate of drug-likeness (QED) is 0.368. The normalized spacial score (nSPS) is 11.5. The lowest BCUT2D eigenvalue weighted by molar-refractivity contribution is -0.114. The lowest BCUT2D eigenvalue weighted by Gasteiger charge is -2.12. The second-order valence-electron chi connectivity index (χ2n) is 7.17. The third kappa shape index (κ3) is 5.85. The number of nitrogens with one attached hydrogen (secondary N) is 4. The van der Waals surface area contributed by atoms with E-state index in [4.69, 9.17) is 0 Å². The van der Waals surface area contributed by atoms with Crippen molar-refractivity contribution in [2.24, 2.45) is 4.99 Å². The summed E-state index contributed by atoms with van der Waals surface area (Å²) in [6.07, 6.45) is 3.89. The van der Waals surface area contributed by atoms with Gasteiger partial charge in [-0.2, -0.15) is 0 Å². The molecular weight excluding hydrogens is 362 g/mol. The Labute approximate surface area is 171 Å². The molecule has 0 atom stereocenters. The molecular formula is C23H29N5O. The highest BCUT2D eigenvalue weighted by Gasteiger charge is 2.04. The molecule has 2 aromatic carbocycles. The predicted octanol–water partition coefficient (Wildman–Crippen LogP) is 3.38. The van der Waals surface area contributed by atoms with Gasteiger partial charge in [0.2, 0.25) is 5.91 Å². The van der Waals surface area contributed by atoms with Gasteiger partial charge in [-0.25, -0.2) is 0 Å². The van der Waals surface area contributed by atoms with Crippen LogP contribution in [-0.4, -0.2) is 37.0 Å². The number of aromatic amines is 1. The fourth-order valence-electron chi connectivity index (χ4n) is 3.33. The summed E-state index contributed by atoms with van der Waals surface area (Å²) >= 11 is 0. The first-order chi connectivity index (χ1) is 14.0. The molecule has 1 amide bonds. The van der Waals surface area contributed by atoms with E-state index in [1.165, 1.54) is 34.5 Å². The van der Waals surface area contributed by atoms with Crippen molar-refractivity contribution in [3.63, 3.8) is 0 Å². The number of nitrogens with zero attached hydrogens (tertiary/aromatic N) is 1. The molecule has 4 N–H and O–H groups in total. The number of anilines is 1. The number of benzene rings is 2. The van der Waals surface area contributed by atoms with Gasteiger partial charge in [-0.05, 0) is 54.7 Å². The monoisotopic (exact) mass is 391 g/mol. The molecule has 152 valence electrons. The van der Waals surface area contributed by atoms with Crippen LogP contribution >= 0.6 is 0 Å². The molecule has 1 heterocycles. The van der Waals surface area contributed by atoms with E-state index >= 15 is 0 Å². The van der Waals surface area contributed by atoms with Crippen LogP contribution in [0.25, 0.3) is 10.9 Å². The summed E-state index contributed by atoms with van der Waals surface area (Å²) in [6, 6.07) is 14.4. The van der Waals surface area contributed by atoms with Crippen molar-refractivity contribution in [1.29, 1.82) is 0 Å². The zero-order valence-corrected chi connectivity index (χ0v) is 17.3. The smallest absolute Gasteiger partial charge is 0.221 e. The Bertz CT molecular complexity index is 988. The van der Waals surface area contributed by atoms with Crippen molar-refractivity contribution < 1.29 is 4.79 Å². The van der Waals surface area contributed by atoms with Gasteiger partial charge >= 0.3 is 0 Å². The van der Waals surface area contributed by atoms with Crippen LogP contribution in [0.2, 0.25) is 0 Å². The van der Waals surface area contributed by atoms with Gasteiger partial charge in [0.1, 0.15) is 0 Å². The number of hydrogen-bond donors (Lipinski definition) is 4. The van der Waals surface area contributed by atoms with E-state index in [9.17, 15) is 4.79 Å². The van der Waals surface area contributed by atoms with Crippen LogP contribution in [-0.2, 0) is 17.6 Å². The first kappa shape index (κ1) is 20.5. The first-order valence-corrected chi connectivity index (χ1v) is 9.93. The highest BCUT2D eigenvalue weighted by molar-refractivity contribution is 5.88. The van der Waals surface area contributed by atoms with E-state index in [2.05, 4.69) is 57.2 Å². The molecule has 0 saturated carbocycles. The van der Waals surface area contributed by atoms with Gasteiger partial charge in [0.25, 0.3) is 0 Å². The molecule has 0 aliphatic rings. The van der Waals surface area contributed by atoms with E-state index in [1.807, 2.05) is 24.3 Å². The van der Waals surface area contributed by atoms with E-state index in [0.717, 1.165) is 37.6 Å². The molecule has 0 spiro atoms. The molecule has 0 aliphatic carbocycles. The zero-order chi connectivity index (χ0) is 20.6. The molecule has 0 unspecified atom stereocenters. The summed E-state index contributed by atoms with van der Waals surface area (Å²) in [6.45, 7) is 5.21. The lowest BCUT2D eigenvalue weighted by atomic mass is 10.1. The summed E-state index contributed by atoms with van der Waals surface area (Å²) in [4.78, 5) is 18.7. The average molecular weight is 392 g/mol. The summed E-state index contributed by atoms with van der Waals surface area (Å²) in [7, 11) is 1.78. The Balaban J connectivity index is 1.43. The number of hydrogen-bond acceptors (Lipinski definition) is 2. The molecule has 6 heteroatoms. The van der Waals surface area contributed by atoms with Crippen LogP contribution in [0.15, 0.2) is 53.7 Å². The summed E-state index contributed by atoms with van der Waals surface area (Å²) in [5.41, 5.74) is 5.78. The minimum absolute atomic E-state index is 0.0583. The molecule has 0 aliphatic heterocycles. The number of carbonyl (C=O) groups is 1. The van der Waals surface area contributed by atoms with Crippen LogP contribution < -0.4 is 16.0 Å². The minimum Gasteiger partial charge on any atom is -0.361 e. The zero-order valence-electron chi connectivity index (χ0n) is 17.3. The van der Waals surface area contributed by atoms with Crippen molar-refractivity contribution in [2.45, 2.75) is 26.7 Å². The molecule has 0 radical (unpaired) electrons. The summed E-state index contributed by atoms with van der Waals surface area (Å²) in [5, 5.41) is 10.8. The predicted molar refractivity (Wildman–Crippen MR) is 121 cm³/mol. The summed E-state index contributed by atoms with van der Waals surface area (Å²) < 4.78 is 0. The van der Waals surface area contributed by atoms with Crippen LogP contribution in [0.5, 0.6) is 0 Å². The van der Waals surface area contributed by atoms with Crippen molar-refractivity contribution in [2.75, 3.05) is 25.5 Å². The standard InChI is InChI=1S/C23H29N5O/c1-16-4-9-21-19(15-27-22(21)14-16)11-13-26-23(24-3)25-12-10-18-5-7-20(8-6-18)28-17(2)29/h4-9,14-15,27H,10-13H2,1-3H3,(H,28,29)(H2,24,25,26). The number of aryl methyl sites for hydroxylation is 1. The molecule has 29 heavy (non-hydrogen) atoms. The van der Waals surface area contributed by atoms with Gasteiger partial charge in [-0.3, -0.25) is 9.79 Å². The Kier molecular flexibility index (Phi) is 6.89. The maximum absolute atomic E-state index is 11.1. The van der Waals surface area contributed by atoms with Gasteiger partial charge in [-0.15, -0.1) is 0 Å². The van der Waals surface area contributed by atoms with Gasteiger partial charge in [0.15, 0.2) is 5.96 Å². The van der Waals surface area contributed by atoms with Gasteiger partial charge in [0, 0.05) is 49.8 Å². The molecule has 1 aromatic heterocycles. The highest BCUT2D eigenvalue weighted by Crippen LogP contribution is 2.19. The molecule has 3 aromatic rings. The minimum atomic E-state index is -0.0583. The molecule has 6 nitrogen and oxygen atoms in total. The topological polar surface area (TPSA) is 81.3 Å². The first-order valence-electron chi connectivity index (χ1n) is 9.93. The third-order valence-electron chi connectivity index (χ3n) is 4.81. The van der Waals surface area contributed by atoms with Crippen LogP contribution in [0.4, 0.5) is 5.69 Å². The van der Waals surface area contributed by atoms with Crippen molar-refractivity contribution in [3.8, 4) is 0 Å². The number of carbonyl (C=O) groups excluding carboxylic acids is 1. The van der Waals surface area contributed by atoms with E-state index in [-0.39, 0.29) is 5.91 Å². The number of amides is 1. The van der Waals surface area contributed by atoms with Gasteiger partial charge < -0.3 is 20.9 Å². The second-order valence-corrected chi connectivity index (χ2v) is 7.17. The molecule has 3 rings (SSSR count). The van der Waals surface area contributed by atoms with E-state index in [1.54, 1.807) is 7.05 Å². The number of guanidine groups is 1. The van der Waals surface area contributed by atoms with Crippen molar-refractivity contribution in [1.82, 2.24) is 15.6 Å². The number of aliphatic imine (C=N–C) groups is 1. The number of rotatable bonds is 7. The Morgan fingerprint density at radius 2 is 1.76 bits per heavy atom. The highest BCUT2D eigenvalue weighted by atomic mass is 16.1. The number of fused-ring (bicyclic) bond motifs is 1. The fraction of sp³-hybridized carbons (Fsp3) is 0.304. The fourth-order valence-corrected chi connectivity index (χ4v) is 3.33. The molecule has 0 bridgehead atoms. The van der Waals surface area contributed by atoms with E-state index in [0.29, 0.717) is 0 Å². The van der Waals surface area contributed by atoms with Gasteiger partial charge in [-0.1, -0.05) is 24.3 Å². The maximum Gasteiger partial charge on any atom is 0.221 e. The number of aromatic nitrogens is 1. The van der Waals surface area contributed by atoms with Crippen molar-refractivity contribution in [3.05, 3.63) is 65.4 Å². The number of H-pyrrole nitrogens is 1. The van der Waals surface area contributed by atoms with Crippen molar-refractivity contribution >= 4 is 28.5 Å². The molecule has 0 fully saturated rings. The second kappa shape index (κ2) is 9.78. The van der Waals surface area contributed by atoms with Gasteiger partial charge in [0.05, 0.1) is 0 Å². The Morgan fingerprint density at radius 1 is 1.03 bits per heavy atom. The lowest BCUT2D eigenvalue weighted by Crippen LogP contribution is -2.39. The third-order valence-corrected chi connectivity index (χ3v) is 4.81. The van der Waals surface area contributed by atoms with Crippen LogP contribution in [0.1, 0.15) is 23.6 Å². The maximum atomic E-state index is 11.1. The average Bonchev–Trinajstić information content (AvgIpc) is 3.09. The Morgan fingerprint density at radius 3 is 2.45 bits per heavy atom. The summed E-state index contributed by atoms with van der Waals surface area (Å²) in [5.74, 6) is 0.743. The van der Waals surface area contributed by atoms with Crippen LogP contribution in [0.3, 0.4) is 0 Å². The molecule has 0 saturated heterocycles. The Hall–Kier alpha value is -3.28. The SMILES string of the molecule is CN=C(NCCc1ccc(NC(C)=O)cc1)NCCc1c[nH]c2cc(C)ccc12. The van der Waals surface area contributed by atoms with Crippen LogP contribution in [0, 0.1) is 6.92 Å². The van der Waals surface area contributed by atoms with E-state index < -0.39 is 0 Å². The largest absolute Gasteiger partial charge is 0.361 e.